The Labute approximate surface area is 330 Å². The second kappa shape index (κ2) is 43.5. The molecular formula is C45H122N2O2P+. The van der Waals surface area contributed by atoms with Gasteiger partial charge in [-0.1, -0.05) is 196 Å². The predicted octanol–water partition coefficient (Wildman–Crippen LogP) is 17.5. The van der Waals surface area contributed by atoms with E-state index in [9.17, 15) is 4.57 Å². The van der Waals surface area contributed by atoms with Crippen molar-refractivity contribution in [2.24, 2.45) is 21.7 Å². The lowest BCUT2D eigenvalue weighted by molar-refractivity contribution is -0.871. The molecule has 4 nitrogen and oxygen atoms in total. The lowest BCUT2D eigenvalue weighted by Crippen LogP contribution is -2.37. The molecule has 0 saturated heterocycles. The maximum absolute atomic E-state index is 11.2. The molecule has 0 rings (SSSR count). The molecule has 328 valence electrons. The first-order chi connectivity index (χ1) is 17.6. The van der Waals surface area contributed by atoms with Crippen LogP contribution >= 0.6 is 7.37 Å². The lowest BCUT2D eigenvalue weighted by Gasteiger charge is -2.29. The largest absolute Gasteiger partial charge is 0.331 e. The molecule has 0 atom stereocenters. The SMILES string of the molecule is C.C.C.C.C.C.C.C.C.C.CCC(C)(C)CC.CCC(C)(C)CCN(C)C.CCC(C)(C)CCOP(C)(C)=O.CCC(C)(C)CC[N+](C)(C)C. The Bertz CT molecular complexity index is 621. The number of hydrogen-bond donors (Lipinski definition) is 0. The fourth-order valence-electron chi connectivity index (χ4n) is 2.49. The van der Waals surface area contributed by atoms with E-state index in [2.05, 4.69) is 130 Å². The van der Waals surface area contributed by atoms with Crippen LogP contribution in [0.2, 0.25) is 0 Å². The van der Waals surface area contributed by atoms with Crippen LogP contribution in [0.1, 0.15) is 216 Å². The van der Waals surface area contributed by atoms with E-state index in [1.54, 1.807) is 13.3 Å². The zero-order chi connectivity index (χ0) is 33.1. The smallest absolute Gasteiger partial charge is 0.197 e. The Morgan fingerprint density at radius 1 is 0.500 bits per heavy atom. The predicted molar refractivity (Wildman–Crippen MR) is 255 cm³/mol. The summed E-state index contributed by atoms with van der Waals surface area (Å²) in [5.41, 5.74) is 1.96. The molecule has 0 aliphatic heterocycles. The molecule has 5 heteroatoms. The second-order valence-corrected chi connectivity index (χ2v) is 19.3. The van der Waals surface area contributed by atoms with Crippen LogP contribution in [0.4, 0.5) is 0 Å². The van der Waals surface area contributed by atoms with Crippen molar-refractivity contribution in [2.75, 3.05) is 68.3 Å². The van der Waals surface area contributed by atoms with Gasteiger partial charge in [-0.3, -0.25) is 4.57 Å². The molecule has 0 N–H and O–H groups in total. The van der Waals surface area contributed by atoms with E-state index in [1.807, 2.05) is 0 Å². The number of hydrogen-bond acceptors (Lipinski definition) is 3. The van der Waals surface area contributed by atoms with E-state index in [1.165, 1.54) is 51.6 Å². The van der Waals surface area contributed by atoms with Crippen LogP contribution in [-0.4, -0.2) is 77.6 Å². The summed E-state index contributed by atoms with van der Waals surface area (Å²) in [5.74, 6) is 0. The standard InChI is InChI=1S/C10H24N.C9H21N.C9H21O2P.C7H16.10CH4/c1-7-10(2,3)8-9-11(4,5)6;1-6-9(2,3)7-8-10(4)5;1-6-9(2,3)7-8-11-12(4,5)10;1-5-7(3,4)6-2;;;;;;;;;;/h7-9H2,1-6H3;6-8H2,1-5H3;6-8H2,1-5H3;5-6H2,1-4H3;10*1H4/q+1;;;;;;;;;;;;;. The van der Waals surface area contributed by atoms with Crippen LogP contribution in [0.3, 0.4) is 0 Å². The van der Waals surface area contributed by atoms with Crippen molar-refractivity contribution in [3.8, 4) is 0 Å². The third kappa shape index (κ3) is 81.9. The van der Waals surface area contributed by atoms with Gasteiger partial charge < -0.3 is 13.9 Å². The van der Waals surface area contributed by atoms with E-state index < -0.39 is 7.37 Å². The van der Waals surface area contributed by atoms with Crippen LogP contribution in [0.5, 0.6) is 0 Å². The third-order valence-electron chi connectivity index (χ3n) is 8.66. The molecular weight excluding hydrogens is 631 g/mol. The lowest BCUT2D eigenvalue weighted by atomic mass is 9.86. The molecule has 0 bridgehead atoms. The average Bonchev–Trinajstić information content (AvgIpc) is 2.81. The molecule has 0 aliphatic rings. The number of nitrogens with zero attached hydrogens (tertiary/aromatic N) is 2. The van der Waals surface area contributed by atoms with Crippen LogP contribution in [0, 0.1) is 21.7 Å². The molecule has 0 amide bonds. The maximum atomic E-state index is 11.2. The normalized spacial score (nSPS) is 10.4. The van der Waals surface area contributed by atoms with Gasteiger partial charge in [-0.2, -0.15) is 0 Å². The van der Waals surface area contributed by atoms with Gasteiger partial charge in [-0.15, -0.1) is 0 Å². The van der Waals surface area contributed by atoms with Crippen LogP contribution in [-0.2, 0) is 9.09 Å². The van der Waals surface area contributed by atoms with Crippen molar-refractivity contribution < 1.29 is 13.6 Å². The number of rotatable bonds is 15. The van der Waals surface area contributed by atoms with Gasteiger partial charge in [0.2, 0.25) is 0 Å². The van der Waals surface area contributed by atoms with E-state index in [4.69, 9.17) is 4.52 Å². The van der Waals surface area contributed by atoms with Gasteiger partial charge in [0.1, 0.15) is 0 Å². The minimum atomic E-state index is -2.26. The summed E-state index contributed by atoms with van der Waals surface area (Å²) < 4.78 is 17.5. The molecule has 0 unspecified atom stereocenters. The summed E-state index contributed by atoms with van der Waals surface area (Å²) in [6.07, 6.45) is 9.90. The summed E-state index contributed by atoms with van der Waals surface area (Å²) in [4.78, 5) is 2.25. The molecule has 0 fully saturated rings. The summed E-state index contributed by atoms with van der Waals surface area (Å²) in [6, 6.07) is 0. The molecule has 0 aromatic rings. The number of quaternary nitrogens is 1. The maximum Gasteiger partial charge on any atom is 0.197 e. The molecule has 0 saturated carbocycles. The highest BCUT2D eigenvalue weighted by atomic mass is 31.2. The summed E-state index contributed by atoms with van der Waals surface area (Å²) in [7, 11) is 8.77. The van der Waals surface area contributed by atoms with Crippen molar-refractivity contribution in [1.29, 1.82) is 0 Å². The quantitative estimate of drug-likeness (QED) is 0.123. The van der Waals surface area contributed by atoms with Crippen LogP contribution < -0.4 is 0 Å². The fraction of sp³-hybridized carbons (Fsp3) is 1.00. The molecule has 0 aromatic heterocycles. The van der Waals surface area contributed by atoms with Crippen molar-refractivity contribution >= 4 is 7.37 Å². The molecule has 0 spiro atoms. The highest BCUT2D eigenvalue weighted by Crippen LogP contribution is 2.38. The van der Waals surface area contributed by atoms with Gasteiger partial charge in [0, 0.05) is 19.8 Å². The van der Waals surface area contributed by atoms with Crippen LogP contribution in [0.15, 0.2) is 0 Å². The van der Waals surface area contributed by atoms with Crippen molar-refractivity contribution in [1.82, 2.24) is 4.90 Å². The first kappa shape index (κ1) is 92.7. The highest BCUT2D eigenvalue weighted by Gasteiger charge is 2.19. The Morgan fingerprint density at radius 3 is 0.960 bits per heavy atom. The van der Waals surface area contributed by atoms with E-state index in [0.717, 1.165) is 17.3 Å². The average molecular weight is 754 g/mol. The van der Waals surface area contributed by atoms with Gasteiger partial charge in [0.05, 0.1) is 34.3 Å². The molecule has 0 heterocycles. The van der Waals surface area contributed by atoms with Gasteiger partial charge in [-0.05, 0) is 55.1 Å². The van der Waals surface area contributed by atoms with E-state index in [0.29, 0.717) is 28.3 Å². The zero-order valence-corrected chi connectivity index (χ0v) is 32.8. The first-order valence-corrected chi connectivity index (χ1v) is 18.8. The Balaban J connectivity index is -0.0000000273. The topological polar surface area (TPSA) is 29.5 Å². The fourth-order valence-corrected chi connectivity index (χ4v) is 3.02. The Hall–Kier alpha value is 0.110. The van der Waals surface area contributed by atoms with Gasteiger partial charge in [-0.25, -0.2) is 0 Å². The summed E-state index contributed by atoms with van der Waals surface area (Å²) in [6.45, 7) is 36.0. The monoisotopic (exact) mass is 754 g/mol. The highest BCUT2D eigenvalue weighted by molar-refractivity contribution is 7.57. The van der Waals surface area contributed by atoms with Gasteiger partial charge >= 0.3 is 0 Å². The van der Waals surface area contributed by atoms with Crippen LogP contribution in [0.25, 0.3) is 0 Å². The molecule has 50 heavy (non-hydrogen) atoms. The van der Waals surface area contributed by atoms with Crippen molar-refractivity contribution in [3.63, 3.8) is 0 Å². The Morgan fingerprint density at radius 2 is 0.760 bits per heavy atom. The first-order valence-electron chi connectivity index (χ1n) is 16.3. The van der Waals surface area contributed by atoms with Gasteiger partial charge in [0.25, 0.3) is 0 Å². The van der Waals surface area contributed by atoms with Crippen molar-refractivity contribution in [2.45, 2.75) is 216 Å². The Kier molecular flexibility index (Phi) is 80.7. The summed E-state index contributed by atoms with van der Waals surface area (Å²) >= 11 is 0. The molecule has 0 aliphatic carbocycles. The zero-order valence-electron chi connectivity index (χ0n) is 31.9. The minimum absolute atomic E-state index is 0. The molecule has 0 aromatic carbocycles. The second-order valence-electron chi connectivity index (χ2n) is 16.6. The summed E-state index contributed by atoms with van der Waals surface area (Å²) in [5, 5.41) is 0. The molecule has 0 radical (unpaired) electrons. The van der Waals surface area contributed by atoms with Crippen molar-refractivity contribution in [3.05, 3.63) is 0 Å². The third-order valence-corrected chi connectivity index (χ3v) is 9.47. The van der Waals surface area contributed by atoms with E-state index >= 15 is 0 Å². The van der Waals surface area contributed by atoms with E-state index in [-0.39, 0.29) is 74.3 Å². The minimum Gasteiger partial charge on any atom is -0.331 e. The van der Waals surface area contributed by atoms with Gasteiger partial charge in [0.15, 0.2) is 7.37 Å².